The van der Waals surface area contributed by atoms with E-state index in [1.54, 1.807) is 0 Å². The molecule has 0 bridgehead atoms. The summed E-state index contributed by atoms with van der Waals surface area (Å²) in [5.41, 5.74) is 0. The summed E-state index contributed by atoms with van der Waals surface area (Å²) < 4.78 is 0. The lowest BCUT2D eigenvalue weighted by molar-refractivity contribution is -0.122. The molecule has 3 nitrogen and oxygen atoms in total. The van der Waals surface area contributed by atoms with Crippen molar-refractivity contribution in [3.05, 3.63) is 0 Å². The quantitative estimate of drug-likeness (QED) is 0.758. The monoisotopic (exact) mass is 280 g/mol. The number of nitrogens with one attached hydrogen (secondary N) is 2. The minimum atomic E-state index is 0.258. The molecule has 2 atom stereocenters. The minimum Gasteiger partial charge on any atom is -0.353 e. The smallest absolute Gasteiger partial charge is 0.220 e. The van der Waals surface area contributed by atoms with Crippen molar-refractivity contribution in [2.45, 2.75) is 89.6 Å². The van der Waals surface area contributed by atoms with Crippen molar-refractivity contribution in [3.8, 4) is 0 Å². The van der Waals surface area contributed by atoms with Crippen LogP contribution in [0.15, 0.2) is 0 Å². The third-order valence-corrected chi connectivity index (χ3v) is 5.13. The molecular weight excluding hydrogens is 248 g/mol. The van der Waals surface area contributed by atoms with Gasteiger partial charge in [-0.1, -0.05) is 32.1 Å². The first kappa shape index (κ1) is 15.8. The van der Waals surface area contributed by atoms with E-state index in [9.17, 15) is 4.79 Å². The molecule has 20 heavy (non-hydrogen) atoms. The molecular formula is C17H32N2O. The molecule has 1 aliphatic carbocycles. The van der Waals surface area contributed by atoms with Crippen molar-refractivity contribution in [2.75, 3.05) is 6.54 Å². The first-order valence-electron chi connectivity index (χ1n) is 8.78. The van der Waals surface area contributed by atoms with Gasteiger partial charge in [0.25, 0.3) is 0 Å². The van der Waals surface area contributed by atoms with Gasteiger partial charge in [0.05, 0.1) is 0 Å². The van der Waals surface area contributed by atoms with E-state index >= 15 is 0 Å². The van der Waals surface area contributed by atoms with Crippen molar-refractivity contribution in [1.29, 1.82) is 0 Å². The van der Waals surface area contributed by atoms with Crippen molar-refractivity contribution in [2.24, 2.45) is 5.92 Å². The van der Waals surface area contributed by atoms with Crippen molar-refractivity contribution >= 4 is 5.91 Å². The molecule has 2 rings (SSSR count). The summed E-state index contributed by atoms with van der Waals surface area (Å²) in [6.45, 7) is 3.33. The van der Waals surface area contributed by atoms with Gasteiger partial charge in [0.2, 0.25) is 5.91 Å². The molecule has 3 heteroatoms. The molecule has 1 heterocycles. The number of amides is 1. The summed E-state index contributed by atoms with van der Waals surface area (Å²) in [5, 5.41) is 6.77. The highest BCUT2D eigenvalue weighted by molar-refractivity contribution is 5.76. The van der Waals surface area contributed by atoms with Crippen LogP contribution < -0.4 is 10.6 Å². The number of hydrogen-bond acceptors (Lipinski definition) is 2. The highest BCUT2D eigenvalue weighted by Crippen LogP contribution is 2.25. The average Bonchev–Trinajstić information content (AvgIpc) is 2.75. The van der Waals surface area contributed by atoms with Gasteiger partial charge in [-0.3, -0.25) is 4.79 Å². The topological polar surface area (TPSA) is 41.1 Å². The number of piperidine rings is 1. The molecule has 0 spiro atoms. The van der Waals surface area contributed by atoms with Crippen molar-refractivity contribution in [3.63, 3.8) is 0 Å². The standard InChI is InChI=1S/C17H32N2O/c1-14(15-8-4-2-3-5-9-15)19-17(20)12-11-16-10-6-7-13-18-16/h14-16,18H,2-13H2,1H3,(H,19,20)/t14-,16?/m1/s1. The van der Waals surface area contributed by atoms with E-state index in [1.807, 2.05) is 0 Å². The number of hydrogen-bond donors (Lipinski definition) is 2. The molecule has 1 saturated carbocycles. The number of carbonyl (C=O) groups is 1. The molecule has 2 aliphatic rings. The number of rotatable bonds is 5. The predicted octanol–water partition coefficient (Wildman–Crippen LogP) is 3.38. The van der Waals surface area contributed by atoms with Crippen LogP contribution in [0.4, 0.5) is 0 Å². The van der Waals surface area contributed by atoms with E-state index in [1.165, 1.54) is 57.8 Å². The molecule has 1 saturated heterocycles. The second-order valence-corrected chi connectivity index (χ2v) is 6.79. The second-order valence-electron chi connectivity index (χ2n) is 6.79. The Morgan fingerprint density at radius 3 is 2.45 bits per heavy atom. The van der Waals surface area contributed by atoms with Gasteiger partial charge in [-0.2, -0.15) is 0 Å². The van der Waals surface area contributed by atoms with E-state index in [0.29, 0.717) is 24.4 Å². The maximum Gasteiger partial charge on any atom is 0.220 e. The third-order valence-electron chi connectivity index (χ3n) is 5.13. The summed E-state index contributed by atoms with van der Waals surface area (Å²) >= 11 is 0. The van der Waals surface area contributed by atoms with Crippen LogP contribution >= 0.6 is 0 Å². The third kappa shape index (κ3) is 5.43. The van der Waals surface area contributed by atoms with Crippen LogP contribution in [0.25, 0.3) is 0 Å². The maximum absolute atomic E-state index is 12.1. The summed E-state index contributed by atoms with van der Waals surface area (Å²) in [4.78, 5) is 12.1. The van der Waals surface area contributed by atoms with Crippen LogP contribution in [0, 0.1) is 5.92 Å². The van der Waals surface area contributed by atoms with Crippen molar-refractivity contribution < 1.29 is 4.79 Å². The molecule has 0 radical (unpaired) electrons. The first-order chi connectivity index (χ1) is 9.75. The molecule has 1 aliphatic heterocycles. The van der Waals surface area contributed by atoms with E-state index in [0.717, 1.165) is 13.0 Å². The van der Waals surface area contributed by atoms with Crippen molar-refractivity contribution in [1.82, 2.24) is 10.6 Å². The second kappa shape index (κ2) is 8.66. The Bertz CT molecular complexity index is 279. The summed E-state index contributed by atoms with van der Waals surface area (Å²) in [6, 6.07) is 0.933. The Kier molecular flexibility index (Phi) is 6.85. The Morgan fingerprint density at radius 1 is 1.10 bits per heavy atom. The Morgan fingerprint density at radius 2 is 1.80 bits per heavy atom. The van der Waals surface area contributed by atoms with Gasteiger partial charge in [0.1, 0.15) is 0 Å². The fourth-order valence-electron chi connectivity index (χ4n) is 3.73. The molecule has 116 valence electrons. The molecule has 2 N–H and O–H groups in total. The molecule has 1 unspecified atom stereocenters. The van der Waals surface area contributed by atoms with E-state index in [4.69, 9.17) is 0 Å². The zero-order valence-corrected chi connectivity index (χ0v) is 13.1. The van der Waals surface area contributed by atoms with Crippen LogP contribution in [-0.2, 0) is 4.79 Å². The number of carbonyl (C=O) groups excluding carboxylic acids is 1. The summed E-state index contributed by atoms with van der Waals surface area (Å²) in [7, 11) is 0. The first-order valence-corrected chi connectivity index (χ1v) is 8.78. The van der Waals surface area contributed by atoms with Gasteiger partial charge >= 0.3 is 0 Å². The van der Waals surface area contributed by atoms with E-state index in [-0.39, 0.29) is 5.91 Å². The molecule has 0 aromatic heterocycles. The SMILES string of the molecule is C[C@@H](NC(=O)CCC1CCCCN1)C1CCCCCC1. The molecule has 0 aromatic carbocycles. The van der Waals surface area contributed by atoms with Crippen LogP contribution in [0.2, 0.25) is 0 Å². The summed E-state index contributed by atoms with van der Waals surface area (Å²) in [6.07, 6.45) is 13.6. The van der Waals surface area contributed by atoms with E-state index < -0.39 is 0 Å². The largest absolute Gasteiger partial charge is 0.353 e. The Labute approximate surface area is 124 Å². The zero-order chi connectivity index (χ0) is 14.2. The maximum atomic E-state index is 12.1. The highest BCUT2D eigenvalue weighted by Gasteiger charge is 2.21. The Hall–Kier alpha value is -0.570. The molecule has 1 amide bonds. The van der Waals surface area contributed by atoms with Crippen LogP contribution in [0.5, 0.6) is 0 Å². The minimum absolute atomic E-state index is 0.258. The lowest BCUT2D eigenvalue weighted by atomic mass is 9.92. The van der Waals surface area contributed by atoms with Crippen LogP contribution in [0.1, 0.15) is 77.6 Å². The average molecular weight is 280 g/mol. The fourth-order valence-corrected chi connectivity index (χ4v) is 3.73. The lowest BCUT2D eigenvalue weighted by Gasteiger charge is -2.25. The van der Waals surface area contributed by atoms with Crippen LogP contribution in [-0.4, -0.2) is 24.5 Å². The fraction of sp³-hybridized carbons (Fsp3) is 0.941. The van der Waals surface area contributed by atoms with Gasteiger partial charge in [-0.25, -0.2) is 0 Å². The zero-order valence-electron chi connectivity index (χ0n) is 13.1. The van der Waals surface area contributed by atoms with Gasteiger partial charge in [0, 0.05) is 18.5 Å². The van der Waals surface area contributed by atoms with Gasteiger partial charge in [-0.05, 0) is 51.5 Å². The van der Waals surface area contributed by atoms with Crippen LogP contribution in [0.3, 0.4) is 0 Å². The van der Waals surface area contributed by atoms with Gasteiger partial charge < -0.3 is 10.6 Å². The van der Waals surface area contributed by atoms with Gasteiger partial charge in [-0.15, -0.1) is 0 Å². The van der Waals surface area contributed by atoms with Gasteiger partial charge in [0.15, 0.2) is 0 Å². The normalized spacial score (nSPS) is 26.8. The summed E-state index contributed by atoms with van der Waals surface area (Å²) in [5.74, 6) is 0.961. The lowest BCUT2D eigenvalue weighted by Crippen LogP contribution is -2.39. The van der Waals surface area contributed by atoms with E-state index in [2.05, 4.69) is 17.6 Å². The highest BCUT2D eigenvalue weighted by atomic mass is 16.1. The Balaban J connectivity index is 1.64. The molecule has 0 aromatic rings. The molecule has 2 fully saturated rings. The predicted molar refractivity (Wildman–Crippen MR) is 83.7 cm³/mol.